The van der Waals surface area contributed by atoms with Gasteiger partial charge in [0.25, 0.3) is 0 Å². The second-order valence-electron chi connectivity index (χ2n) is 2.70. The Morgan fingerprint density at radius 1 is 1.29 bits per heavy atom. The van der Waals surface area contributed by atoms with E-state index in [-0.39, 0.29) is 0 Å². The fourth-order valence-electron chi connectivity index (χ4n) is 0.962. The molecule has 4 heteroatoms. The van der Waals surface area contributed by atoms with Crippen LogP contribution in [0.3, 0.4) is 0 Å². The standard InChI is InChI=1S/C10H16N2O2/c1-3-13-9-5-4-6-10(12-9)14-8-7-11-2/h4-6,11H,3,7-8H2,1-2H3. The monoisotopic (exact) mass is 196 g/mol. The van der Waals surface area contributed by atoms with Crippen molar-refractivity contribution < 1.29 is 9.47 Å². The molecule has 0 bridgehead atoms. The maximum absolute atomic E-state index is 5.38. The third kappa shape index (κ3) is 3.62. The first-order chi connectivity index (χ1) is 6.86. The molecule has 0 aromatic carbocycles. The van der Waals surface area contributed by atoms with Crippen molar-refractivity contribution in [1.82, 2.24) is 10.3 Å². The molecule has 0 aliphatic heterocycles. The van der Waals surface area contributed by atoms with Crippen LogP contribution in [0.25, 0.3) is 0 Å². The Balaban J connectivity index is 2.46. The number of aromatic nitrogens is 1. The molecule has 4 nitrogen and oxygen atoms in total. The zero-order chi connectivity index (χ0) is 10.2. The molecule has 0 atom stereocenters. The molecule has 1 rings (SSSR count). The summed E-state index contributed by atoms with van der Waals surface area (Å²) in [6, 6.07) is 5.50. The van der Waals surface area contributed by atoms with Crippen LogP contribution in [0.5, 0.6) is 11.8 Å². The minimum Gasteiger partial charge on any atom is -0.478 e. The predicted octanol–water partition coefficient (Wildman–Crippen LogP) is 1.08. The summed E-state index contributed by atoms with van der Waals surface area (Å²) in [5.41, 5.74) is 0. The fourth-order valence-corrected chi connectivity index (χ4v) is 0.962. The number of hydrogen-bond donors (Lipinski definition) is 1. The van der Waals surface area contributed by atoms with Crippen molar-refractivity contribution in [3.63, 3.8) is 0 Å². The van der Waals surface area contributed by atoms with Gasteiger partial charge in [-0.2, -0.15) is 4.98 Å². The van der Waals surface area contributed by atoms with E-state index < -0.39 is 0 Å². The highest BCUT2D eigenvalue weighted by Gasteiger charge is 1.97. The maximum Gasteiger partial charge on any atom is 0.216 e. The van der Waals surface area contributed by atoms with Crippen molar-refractivity contribution in [2.45, 2.75) is 6.92 Å². The van der Waals surface area contributed by atoms with Crippen LogP contribution in [-0.4, -0.2) is 31.8 Å². The van der Waals surface area contributed by atoms with Crippen LogP contribution in [-0.2, 0) is 0 Å². The third-order valence-electron chi connectivity index (χ3n) is 1.59. The molecule has 1 aromatic rings. The van der Waals surface area contributed by atoms with Crippen molar-refractivity contribution in [3.8, 4) is 11.8 Å². The van der Waals surface area contributed by atoms with E-state index >= 15 is 0 Å². The summed E-state index contributed by atoms with van der Waals surface area (Å²) in [6.07, 6.45) is 0. The zero-order valence-corrected chi connectivity index (χ0v) is 8.62. The second-order valence-corrected chi connectivity index (χ2v) is 2.70. The summed E-state index contributed by atoms with van der Waals surface area (Å²) in [4.78, 5) is 4.16. The molecule has 0 fully saturated rings. The van der Waals surface area contributed by atoms with Crippen LogP contribution in [0.2, 0.25) is 0 Å². The molecule has 0 radical (unpaired) electrons. The first-order valence-electron chi connectivity index (χ1n) is 4.74. The van der Waals surface area contributed by atoms with Gasteiger partial charge in [0.15, 0.2) is 0 Å². The van der Waals surface area contributed by atoms with Crippen LogP contribution < -0.4 is 14.8 Å². The van der Waals surface area contributed by atoms with Gasteiger partial charge in [-0.3, -0.25) is 0 Å². The number of ether oxygens (including phenoxy) is 2. The smallest absolute Gasteiger partial charge is 0.216 e. The van der Waals surface area contributed by atoms with E-state index in [0.717, 1.165) is 6.54 Å². The van der Waals surface area contributed by atoms with Gasteiger partial charge in [0.05, 0.1) is 6.61 Å². The average Bonchev–Trinajstić information content (AvgIpc) is 2.19. The summed E-state index contributed by atoms with van der Waals surface area (Å²) >= 11 is 0. The summed E-state index contributed by atoms with van der Waals surface area (Å²) in [6.45, 7) is 3.96. The molecule has 0 saturated carbocycles. The van der Waals surface area contributed by atoms with Crippen LogP contribution >= 0.6 is 0 Å². The zero-order valence-electron chi connectivity index (χ0n) is 8.62. The average molecular weight is 196 g/mol. The van der Waals surface area contributed by atoms with E-state index in [9.17, 15) is 0 Å². The quantitative estimate of drug-likeness (QED) is 0.691. The second kappa shape index (κ2) is 6.21. The minimum absolute atomic E-state index is 0.603. The fraction of sp³-hybridized carbons (Fsp3) is 0.500. The highest BCUT2D eigenvalue weighted by atomic mass is 16.5. The molecule has 1 heterocycles. The summed E-state index contributed by atoms with van der Waals surface area (Å²) in [5, 5.41) is 2.99. The minimum atomic E-state index is 0.603. The van der Waals surface area contributed by atoms with E-state index in [1.54, 1.807) is 0 Å². The molecule has 0 unspecified atom stereocenters. The van der Waals surface area contributed by atoms with E-state index in [4.69, 9.17) is 9.47 Å². The van der Waals surface area contributed by atoms with E-state index in [2.05, 4.69) is 10.3 Å². The molecule has 0 amide bonds. The van der Waals surface area contributed by atoms with Crippen molar-refractivity contribution in [1.29, 1.82) is 0 Å². The highest BCUT2D eigenvalue weighted by molar-refractivity contribution is 5.19. The van der Waals surface area contributed by atoms with Gasteiger partial charge in [-0.1, -0.05) is 6.07 Å². The normalized spacial score (nSPS) is 9.86. The van der Waals surface area contributed by atoms with Crippen molar-refractivity contribution in [3.05, 3.63) is 18.2 Å². The van der Waals surface area contributed by atoms with Crippen molar-refractivity contribution in [2.75, 3.05) is 26.8 Å². The largest absolute Gasteiger partial charge is 0.478 e. The Bertz CT molecular complexity index is 266. The molecule has 14 heavy (non-hydrogen) atoms. The Hall–Kier alpha value is -1.29. The number of nitrogens with one attached hydrogen (secondary N) is 1. The van der Waals surface area contributed by atoms with Gasteiger partial charge in [0.2, 0.25) is 11.8 Å². The van der Waals surface area contributed by atoms with Gasteiger partial charge >= 0.3 is 0 Å². The van der Waals surface area contributed by atoms with Crippen LogP contribution in [0.1, 0.15) is 6.92 Å². The summed E-state index contributed by atoms with van der Waals surface area (Å²) in [5.74, 6) is 1.21. The highest BCUT2D eigenvalue weighted by Crippen LogP contribution is 2.12. The lowest BCUT2D eigenvalue weighted by Gasteiger charge is -2.06. The maximum atomic E-state index is 5.38. The third-order valence-corrected chi connectivity index (χ3v) is 1.59. The van der Waals surface area contributed by atoms with E-state index in [1.807, 2.05) is 32.2 Å². The van der Waals surface area contributed by atoms with Gasteiger partial charge in [-0.05, 0) is 14.0 Å². The van der Waals surface area contributed by atoms with E-state index in [1.165, 1.54) is 0 Å². The predicted molar refractivity (Wildman–Crippen MR) is 54.8 cm³/mol. The number of nitrogens with zero attached hydrogens (tertiary/aromatic N) is 1. The number of rotatable bonds is 6. The van der Waals surface area contributed by atoms with E-state index in [0.29, 0.717) is 25.0 Å². The number of pyridine rings is 1. The molecule has 0 spiro atoms. The lowest BCUT2D eigenvalue weighted by atomic mass is 10.5. The van der Waals surface area contributed by atoms with Gasteiger partial charge < -0.3 is 14.8 Å². The van der Waals surface area contributed by atoms with Crippen LogP contribution in [0.15, 0.2) is 18.2 Å². The Morgan fingerprint density at radius 3 is 2.64 bits per heavy atom. The molecule has 1 N–H and O–H groups in total. The van der Waals surface area contributed by atoms with Gasteiger partial charge in [0, 0.05) is 18.7 Å². The van der Waals surface area contributed by atoms with Crippen molar-refractivity contribution >= 4 is 0 Å². The molecule has 78 valence electrons. The molecule has 0 aliphatic carbocycles. The molecule has 0 saturated heterocycles. The molecule has 1 aromatic heterocycles. The van der Waals surface area contributed by atoms with Crippen LogP contribution in [0.4, 0.5) is 0 Å². The summed E-state index contributed by atoms with van der Waals surface area (Å²) < 4.78 is 10.6. The molecule has 0 aliphatic rings. The first-order valence-corrected chi connectivity index (χ1v) is 4.74. The van der Waals surface area contributed by atoms with Gasteiger partial charge in [-0.25, -0.2) is 0 Å². The van der Waals surface area contributed by atoms with Gasteiger partial charge in [-0.15, -0.1) is 0 Å². The first kappa shape index (κ1) is 10.8. The van der Waals surface area contributed by atoms with Crippen LogP contribution in [0, 0.1) is 0 Å². The Kier molecular flexibility index (Phi) is 4.78. The summed E-state index contributed by atoms with van der Waals surface area (Å²) in [7, 11) is 1.88. The number of likely N-dealkylation sites (N-methyl/N-ethyl adjacent to an activating group) is 1. The lowest BCUT2D eigenvalue weighted by Crippen LogP contribution is -2.16. The topological polar surface area (TPSA) is 43.4 Å². The Labute approximate surface area is 84.3 Å². The molecular formula is C10H16N2O2. The Morgan fingerprint density at radius 2 is 2.00 bits per heavy atom. The SMILES string of the molecule is CCOc1cccc(OCCNC)n1. The van der Waals surface area contributed by atoms with Gasteiger partial charge in [0.1, 0.15) is 6.61 Å². The lowest BCUT2D eigenvalue weighted by molar-refractivity contribution is 0.288. The number of hydrogen-bond acceptors (Lipinski definition) is 4. The molecular weight excluding hydrogens is 180 g/mol. The van der Waals surface area contributed by atoms with Crippen molar-refractivity contribution in [2.24, 2.45) is 0 Å².